The zero-order valence-electron chi connectivity index (χ0n) is 13.2. The van der Waals surface area contributed by atoms with Gasteiger partial charge in [-0.2, -0.15) is 0 Å². The van der Waals surface area contributed by atoms with Gasteiger partial charge in [-0.15, -0.1) is 0 Å². The molecule has 0 aromatic heterocycles. The Labute approximate surface area is 118 Å². The molecular formula is C16H32N2O. The fraction of sp³-hybridized carbons (Fsp3) is 0.938. The van der Waals surface area contributed by atoms with Crippen molar-refractivity contribution >= 4 is 5.91 Å². The van der Waals surface area contributed by atoms with E-state index in [-0.39, 0.29) is 18.0 Å². The zero-order chi connectivity index (χ0) is 14.3. The Bertz CT molecular complexity index is 259. The van der Waals surface area contributed by atoms with Crippen molar-refractivity contribution in [1.82, 2.24) is 10.6 Å². The lowest BCUT2D eigenvalue weighted by Crippen LogP contribution is -2.49. The summed E-state index contributed by atoms with van der Waals surface area (Å²) in [5, 5.41) is 6.54. The third kappa shape index (κ3) is 5.94. The van der Waals surface area contributed by atoms with Crippen LogP contribution >= 0.6 is 0 Å². The molecule has 0 spiro atoms. The van der Waals surface area contributed by atoms with E-state index in [1.165, 1.54) is 38.5 Å². The van der Waals surface area contributed by atoms with Gasteiger partial charge in [0.15, 0.2) is 0 Å². The normalized spacial score (nSPS) is 22.3. The number of carbonyl (C=O) groups is 1. The molecule has 1 aliphatic rings. The third-order valence-corrected chi connectivity index (χ3v) is 4.51. The standard InChI is InChI=1S/C16H32N2O/c1-5-12(2)17-16(19)14(4)18-13(3)15-10-8-6-7-9-11-15/h12-15,18H,5-11H2,1-4H3,(H,17,19)/t12?,13-,14?/m1/s1. The molecule has 3 heteroatoms. The van der Waals surface area contributed by atoms with Crippen LogP contribution in [0.25, 0.3) is 0 Å². The summed E-state index contributed by atoms with van der Waals surface area (Å²) in [6.07, 6.45) is 9.08. The molecule has 0 radical (unpaired) electrons. The summed E-state index contributed by atoms with van der Waals surface area (Å²) in [6, 6.07) is 0.618. The van der Waals surface area contributed by atoms with Gasteiger partial charge in [0.25, 0.3) is 0 Å². The Balaban J connectivity index is 2.37. The fourth-order valence-corrected chi connectivity index (χ4v) is 2.89. The van der Waals surface area contributed by atoms with Crippen LogP contribution in [-0.4, -0.2) is 24.0 Å². The summed E-state index contributed by atoms with van der Waals surface area (Å²) in [6.45, 7) is 8.37. The van der Waals surface area contributed by atoms with E-state index in [0.717, 1.165) is 12.3 Å². The summed E-state index contributed by atoms with van der Waals surface area (Å²) in [5.74, 6) is 0.871. The Morgan fingerprint density at radius 2 is 1.68 bits per heavy atom. The van der Waals surface area contributed by atoms with E-state index in [9.17, 15) is 4.79 Å². The van der Waals surface area contributed by atoms with Gasteiger partial charge in [-0.3, -0.25) is 4.79 Å². The first-order valence-electron chi connectivity index (χ1n) is 8.11. The highest BCUT2D eigenvalue weighted by Crippen LogP contribution is 2.25. The number of hydrogen-bond acceptors (Lipinski definition) is 2. The highest BCUT2D eigenvalue weighted by atomic mass is 16.2. The van der Waals surface area contributed by atoms with Crippen LogP contribution in [0.1, 0.15) is 72.6 Å². The van der Waals surface area contributed by atoms with Crippen LogP contribution in [0.2, 0.25) is 0 Å². The molecule has 1 amide bonds. The highest BCUT2D eigenvalue weighted by molar-refractivity contribution is 5.81. The molecular weight excluding hydrogens is 236 g/mol. The maximum absolute atomic E-state index is 12.0. The smallest absolute Gasteiger partial charge is 0.237 e. The maximum atomic E-state index is 12.0. The molecule has 1 fully saturated rings. The molecule has 0 heterocycles. The lowest BCUT2D eigenvalue weighted by Gasteiger charge is -2.27. The van der Waals surface area contributed by atoms with Crippen molar-refractivity contribution in [3.63, 3.8) is 0 Å². The van der Waals surface area contributed by atoms with Crippen molar-refractivity contribution in [2.45, 2.75) is 90.8 Å². The second kappa shape index (κ2) is 8.57. The van der Waals surface area contributed by atoms with E-state index in [4.69, 9.17) is 0 Å². The minimum atomic E-state index is -0.0905. The van der Waals surface area contributed by atoms with Crippen molar-refractivity contribution in [3.8, 4) is 0 Å². The van der Waals surface area contributed by atoms with Crippen LogP contribution in [0.4, 0.5) is 0 Å². The predicted octanol–water partition coefficient (Wildman–Crippen LogP) is 3.24. The van der Waals surface area contributed by atoms with Crippen molar-refractivity contribution in [2.24, 2.45) is 5.92 Å². The first kappa shape index (κ1) is 16.5. The molecule has 1 aliphatic carbocycles. The average Bonchev–Trinajstić information content (AvgIpc) is 2.67. The first-order chi connectivity index (χ1) is 9.04. The van der Waals surface area contributed by atoms with Gasteiger partial charge >= 0.3 is 0 Å². The SMILES string of the molecule is CCC(C)NC(=O)C(C)N[C@H](C)C1CCCCCC1. The lowest BCUT2D eigenvalue weighted by atomic mass is 9.92. The molecule has 0 bridgehead atoms. The van der Waals surface area contributed by atoms with Gasteiger partial charge in [-0.1, -0.05) is 32.6 Å². The summed E-state index contributed by atoms with van der Waals surface area (Å²) < 4.78 is 0. The van der Waals surface area contributed by atoms with Gasteiger partial charge < -0.3 is 10.6 Å². The number of nitrogens with one attached hydrogen (secondary N) is 2. The fourth-order valence-electron chi connectivity index (χ4n) is 2.89. The van der Waals surface area contributed by atoms with Crippen LogP contribution in [0, 0.1) is 5.92 Å². The highest BCUT2D eigenvalue weighted by Gasteiger charge is 2.23. The van der Waals surface area contributed by atoms with E-state index in [1.807, 2.05) is 6.92 Å². The Morgan fingerprint density at radius 1 is 1.11 bits per heavy atom. The quantitative estimate of drug-likeness (QED) is 0.726. The Kier molecular flexibility index (Phi) is 7.44. The van der Waals surface area contributed by atoms with Crippen molar-refractivity contribution in [3.05, 3.63) is 0 Å². The van der Waals surface area contributed by atoms with Gasteiger partial charge in [-0.25, -0.2) is 0 Å². The second-order valence-electron chi connectivity index (χ2n) is 6.25. The van der Waals surface area contributed by atoms with Gasteiger partial charge in [0.05, 0.1) is 6.04 Å². The molecule has 3 nitrogen and oxygen atoms in total. The average molecular weight is 268 g/mol. The number of rotatable bonds is 6. The topological polar surface area (TPSA) is 41.1 Å². The van der Waals surface area contributed by atoms with Crippen molar-refractivity contribution in [1.29, 1.82) is 0 Å². The summed E-state index contributed by atoms with van der Waals surface area (Å²) in [4.78, 5) is 12.0. The van der Waals surface area contributed by atoms with Crippen LogP contribution in [-0.2, 0) is 4.79 Å². The van der Waals surface area contributed by atoms with Gasteiger partial charge in [0.2, 0.25) is 5.91 Å². The summed E-state index contributed by atoms with van der Waals surface area (Å²) in [7, 11) is 0. The molecule has 0 aromatic rings. The van der Waals surface area contributed by atoms with E-state index in [2.05, 4.69) is 31.4 Å². The van der Waals surface area contributed by atoms with Crippen molar-refractivity contribution < 1.29 is 4.79 Å². The maximum Gasteiger partial charge on any atom is 0.237 e. The molecule has 0 aliphatic heterocycles. The van der Waals surface area contributed by atoms with Gasteiger partial charge in [0, 0.05) is 12.1 Å². The Hall–Kier alpha value is -0.570. The molecule has 1 rings (SSSR count). The molecule has 0 aromatic carbocycles. The van der Waals surface area contributed by atoms with E-state index in [0.29, 0.717) is 6.04 Å². The predicted molar refractivity (Wildman–Crippen MR) is 81.1 cm³/mol. The third-order valence-electron chi connectivity index (χ3n) is 4.51. The summed E-state index contributed by atoms with van der Waals surface area (Å²) in [5.41, 5.74) is 0. The van der Waals surface area contributed by atoms with E-state index >= 15 is 0 Å². The van der Waals surface area contributed by atoms with E-state index in [1.54, 1.807) is 0 Å². The minimum absolute atomic E-state index is 0.0905. The monoisotopic (exact) mass is 268 g/mol. The summed E-state index contributed by atoms with van der Waals surface area (Å²) >= 11 is 0. The largest absolute Gasteiger partial charge is 0.352 e. The van der Waals surface area contributed by atoms with Gasteiger partial charge in [0.1, 0.15) is 0 Å². The molecule has 1 saturated carbocycles. The molecule has 3 atom stereocenters. The van der Waals surface area contributed by atoms with E-state index < -0.39 is 0 Å². The first-order valence-corrected chi connectivity index (χ1v) is 8.11. The number of carbonyl (C=O) groups excluding carboxylic acids is 1. The zero-order valence-corrected chi connectivity index (χ0v) is 13.2. The Morgan fingerprint density at radius 3 is 2.21 bits per heavy atom. The lowest BCUT2D eigenvalue weighted by molar-refractivity contribution is -0.123. The molecule has 19 heavy (non-hydrogen) atoms. The van der Waals surface area contributed by atoms with Crippen molar-refractivity contribution in [2.75, 3.05) is 0 Å². The number of hydrogen-bond donors (Lipinski definition) is 2. The molecule has 2 unspecified atom stereocenters. The molecule has 0 saturated heterocycles. The number of amides is 1. The molecule has 2 N–H and O–H groups in total. The van der Waals surface area contributed by atoms with Crippen LogP contribution in [0.5, 0.6) is 0 Å². The van der Waals surface area contributed by atoms with Crippen LogP contribution in [0.15, 0.2) is 0 Å². The second-order valence-corrected chi connectivity index (χ2v) is 6.25. The minimum Gasteiger partial charge on any atom is -0.352 e. The van der Waals surface area contributed by atoms with Gasteiger partial charge in [-0.05, 0) is 46.0 Å². The molecule has 112 valence electrons. The van der Waals surface area contributed by atoms with Crippen LogP contribution in [0.3, 0.4) is 0 Å². The van der Waals surface area contributed by atoms with Crippen LogP contribution < -0.4 is 10.6 Å².